The number of nitrogens with zero attached hydrogens (tertiary/aromatic N) is 6. The normalized spacial score (nSPS) is 19.9. The maximum atomic E-state index is 14.2. The molecule has 38 heavy (non-hydrogen) atoms. The molecule has 2 fully saturated rings. The summed E-state index contributed by atoms with van der Waals surface area (Å²) in [6.45, 7) is 2.73. The zero-order valence-corrected chi connectivity index (χ0v) is 21.9. The lowest BCUT2D eigenvalue weighted by Crippen LogP contribution is -2.69. The average Bonchev–Trinajstić information content (AvgIpc) is 3.19. The van der Waals surface area contributed by atoms with Gasteiger partial charge in [0.05, 0.1) is 32.6 Å². The summed E-state index contributed by atoms with van der Waals surface area (Å²) >= 11 is 6.30. The molecule has 0 radical (unpaired) electrons. The topological polar surface area (TPSA) is 68.5 Å². The molecule has 6 rings (SSSR count). The van der Waals surface area contributed by atoms with Crippen LogP contribution in [-0.2, 0) is 17.8 Å². The number of rotatable bonds is 4. The number of anilines is 1. The van der Waals surface area contributed by atoms with Crippen LogP contribution in [-0.4, -0.2) is 69.8 Å². The van der Waals surface area contributed by atoms with Crippen molar-refractivity contribution in [3.8, 4) is 11.4 Å². The molecule has 3 aliphatic heterocycles. The SMILES string of the molecule is COc1ccc(C)nc1N1CCC(c2nnc3n2-c2ccc(Cl)cc2CN(C2(C(F)(F)F)COC2)C3)CC1. The Morgan fingerprint density at radius 3 is 2.50 bits per heavy atom. The van der Waals surface area contributed by atoms with Crippen molar-refractivity contribution in [2.75, 3.05) is 38.3 Å². The van der Waals surface area contributed by atoms with Crippen molar-refractivity contribution < 1.29 is 22.6 Å². The Balaban J connectivity index is 1.33. The largest absolute Gasteiger partial charge is 0.493 e. The second kappa shape index (κ2) is 9.39. The fourth-order valence-corrected chi connectivity index (χ4v) is 5.87. The third-order valence-corrected chi connectivity index (χ3v) is 8.14. The average molecular weight is 549 g/mol. The van der Waals surface area contributed by atoms with Crippen LogP contribution >= 0.6 is 11.6 Å². The summed E-state index contributed by atoms with van der Waals surface area (Å²) in [6, 6.07) is 9.20. The summed E-state index contributed by atoms with van der Waals surface area (Å²) in [5.41, 5.74) is 0.339. The van der Waals surface area contributed by atoms with Crippen LogP contribution in [0.25, 0.3) is 5.69 Å². The summed E-state index contributed by atoms with van der Waals surface area (Å²) < 4.78 is 55.3. The molecule has 202 valence electrons. The number of hydrogen-bond acceptors (Lipinski definition) is 7. The van der Waals surface area contributed by atoms with Crippen molar-refractivity contribution in [1.82, 2.24) is 24.6 Å². The van der Waals surface area contributed by atoms with Crippen molar-refractivity contribution in [3.63, 3.8) is 0 Å². The molecule has 5 heterocycles. The molecular formula is C26H28ClF3N6O2. The maximum Gasteiger partial charge on any atom is 0.411 e. The summed E-state index contributed by atoms with van der Waals surface area (Å²) in [4.78, 5) is 8.32. The second-order valence-corrected chi connectivity index (χ2v) is 10.6. The zero-order valence-electron chi connectivity index (χ0n) is 21.1. The quantitative estimate of drug-likeness (QED) is 0.469. The van der Waals surface area contributed by atoms with Crippen LogP contribution in [0.3, 0.4) is 0 Å². The van der Waals surface area contributed by atoms with Crippen molar-refractivity contribution in [1.29, 1.82) is 0 Å². The lowest BCUT2D eigenvalue weighted by molar-refractivity contribution is -0.310. The van der Waals surface area contributed by atoms with Gasteiger partial charge in [-0.15, -0.1) is 10.2 Å². The van der Waals surface area contributed by atoms with Crippen molar-refractivity contribution in [3.05, 3.63) is 58.3 Å². The molecule has 2 aromatic heterocycles. The number of pyridine rings is 1. The lowest BCUT2D eigenvalue weighted by Gasteiger charge is -2.49. The van der Waals surface area contributed by atoms with E-state index in [9.17, 15) is 13.2 Å². The molecule has 3 aromatic rings. The molecule has 0 N–H and O–H groups in total. The minimum absolute atomic E-state index is 0.00538. The van der Waals surface area contributed by atoms with E-state index in [0.717, 1.165) is 54.7 Å². The molecule has 2 saturated heterocycles. The highest BCUT2D eigenvalue weighted by molar-refractivity contribution is 6.30. The van der Waals surface area contributed by atoms with Crippen LogP contribution in [0, 0.1) is 6.92 Å². The van der Waals surface area contributed by atoms with Crippen LogP contribution in [0.4, 0.5) is 19.0 Å². The second-order valence-electron chi connectivity index (χ2n) is 10.2. The van der Waals surface area contributed by atoms with E-state index in [1.807, 2.05) is 29.7 Å². The van der Waals surface area contributed by atoms with E-state index in [0.29, 0.717) is 16.4 Å². The summed E-state index contributed by atoms with van der Waals surface area (Å²) in [7, 11) is 1.64. The van der Waals surface area contributed by atoms with E-state index in [1.165, 1.54) is 4.90 Å². The molecule has 12 heteroatoms. The highest BCUT2D eigenvalue weighted by Crippen LogP contribution is 2.44. The highest BCUT2D eigenvalue weighted by Gasteiger charge is 2.64. The molecule has 0 saturated carbocycles. The number of methoxy groups -OCH3 is 1. The molecule has 0 bridgehead atoms. The predicted molar refractivity (Wildman–Crippen MR) is 135 cm³/mol. The molecule has 3 aliphatic rings. The van der Waals surface area contributed by atoms with Crippen molar-refractivity contribution in [2.45, 2.75) is 50.5 Å². The number of benzene rings is 1. The number of ether oxygens (including phenoxy) is 2. The highest BCUT2D eigenvalue weighted by atomic mass is 35.5. The summed E-state index contributed by atoms with van der Waals surface area (Å²) in [5.74, 6) is 2.89. The van der Waals surface area contributed by atoms with Gasteiger partial charge in [-0.3, -0.25) is 9.47 Å². The first-order valence-electron chi connectivity index (χ1n) is 12.6. The Morgan fingerprint density at radius 1 is 1.08 bits per heavy atom. The number of aryl methyl sites for hydroxylation is 1. The zero-order chi connectivity index (χ0) is 26.7. The minimum Gasteiger partial charge on any atom is -0.493 e. The van der Waals surface area contributed by atoms with Gasteiger partial charge in [-0.2, -0.15) is 13.2 Å². The van der Waals surface area contributed by atoms with E-state index in [4.69, 9.17) is 21.1 Å². The fraction of sp³-hybridized carbons (Fsp3) is 0.500. The minimum atomic E-state index is -4.44. The predicted octanol–water partition coefficient (Wildman–Crippen LogP) is 4.66. The third kappa shape index (κ3) is 4.11. The molecule has 0 unspecified atom stereocenters. The Kier molecular flexibility index (Phi) is 6.27. The first-order chi connectivity index (χ1) is 18.2. The molecule has 0 aliphatic carbocycles. The van der Waals surface area contributed by atoms with Gasteiger partial charge in [0.15, 0.2) is 22.9 Å². The maximum absolute atomic E-state index is 14.2. The van der Waals surface area contributed by atoms with Gasteiger partial charge in [0.2, 0.25) is 0 Å². The first kappa shape index (κ1) is 25.4. The summed E-state index contributed by atoms with van der Waals surface area (Å²) in [5, 5.41) is 9.43. The fourth-order valence-electron chi connectivity index (χ4n) is 5.68. The van der Waals surface area contributed by atoms with Gasteiger partial charge in [0, 0.05) is 36.3 Å². The van der Waals surface area contributed by atoms with Gasteiger partial charge in [-0.05, 0) is 55.7 Å². The molecule has 0 amide bonds. The van der Waals surface area contributed by atoms with Crippen LogP contribution in [0.15, 0.2) is 30.3 Å². The first-order valence-corrected chi connectivity index (χ1v) is 13.0. The van der Waals surface area contributed by atoms with Gasteiger partial charge < -0.3 is 14.4 Å². The van der Waals surface area contributed by atoms with Crippen molar-refractivity contribution >= 4 is 17.4 Å². The van der Waals surface area contributed by atoms with E-state index >= 15 is 0 Å². The number of aromatic nitrogens is 4. The smallest absolute Gasteiger partial charge is 0.411 e. The van der Waals surface area contributed by atoms with Crippen LogP contribution in [0.2, 0.25) is 5.02 Å². The van der Waals surface area contributed by atoms with Crippen molar-refractivity contribution in [2.24, 2.45) is 0 Å². The van der Waals surface area contributed by atoms with E-state index in [2.05, 4.69) is 20.1 Å². The standard InChI is InChI=1S/C26H28ClF3N6O2/c1-16-3-6-21(37-2)24(31-16)34-9-7-17(8-10-34)23-33-32-22-13-35(25(14-38-15-25)26(28,29)30)12-18-11-19(27)4-5-20(18)36(22)23/h3-6,11,17H,7-10,12-15H2,1-2H3. The Hall–Kier alpha value is -2.89. The van der Waals surface area contributed by atoms with Gasteiger partial charge in [-0.1, -0.05) is 11.6 Å². The number of halogens is 4. The van der Waals surface area contributed by atoms with Gasteiger partial charge >= 0.3 is 6.18 Å². The lowest BCUT2D eigenvalue weighted by atomic mass is 9.93. The third-order valence-electron chi connectivity index (χ3n) is 7.90. The van der Waals surface area contributed by atoms with Gasteiger partial charge in [0.25, 0.3) is 0 Å². The van der Waals surface area contributed by atoms with Gasteiger partial charge in [-0.25, -0.2) is 4.98 Å². The molecule has 8 nitrogen and oxygen atoms in total. The molecule has 0 atom stereocenters. The van der Waals surface area contributed by atoms with Crippen LogP contribution in [0.5, 0.6) is 5.75 Å². The Morgan fingerprint density at radius 2 is 1.84 bits per heavy atom. The molecule has 0 spiro atoms. The monoisotopic (exact) mass is 548 g/mol. The molecular weight excluding hydrogens is 521 g/mol. The van der Waals surface area contributed by atoms with Crippen LogP contribution < -0.4 is 9.64 Å². The summed E-state index contributed by atoms with van der Waals surface area (Å²) in [6.07, 6.45) is -2.85. The number of alkyl halides is 3. The Bertz CT molecular complexity index is 1350. The van der Waals surface area contributed by atoms with E-state index in [-0.39, 0.29) is 19.0 Å². The van der Waals surface area contributed by atoms with Gasteiger partial charge in [0.1, 0.15) is 5.82 Å². The number of hydrogen-bond donors (Lipinski definition) is 0. The van der Waals surface area contributed by atoms with Crippen LogP contribution in [0.1, 0.15) is 41.7 Å². The molecule has 1 aromatic carbocycles. The number of fused-ring (bicyclic) bond motifs is 3. The Labute approximate surface area is 223 Å². The van der Waals surface area contributed by atoms with E-state index in [1.54, 1.807) is 19.2 Å². The number of piperidine rings is 1. The van der Waals surface area contributed by atoms with E-state index < -0.39 is 24.9 Å².